The smallest absolute Gasteiger partial charge is 0.144 e. The number of furan rings is 1. The van der Waals surface area contributed by atoms with Crippen LogP contribution >= 0.6 is 22.7 Å². The molecular weight excluding hydrogens is 454 g/mol. The molecule has 0 bridgehead atoms. The summed E-state index contributed by atoms with van der Waals surface area (Å²) in [5, 5.41) is 7.05. The number of rotatable bonds is 3. The molecule has 0 saturated carbocycles. The van der Waals surface area contributed by atoms with E-state index < -0.39 is 0 Å². The molecule has 2 aromatic carbocycles. The summed E-state index contributed by atoms with van der Waals surface area (Å²) in [6, 6.07) is 13.4. The lowest BCUT2D eigenvalue weighted by atomic mass is 9.84. The number of pyridine rings is 1. The van der Waals surface area contributed by atoms with Crippen LogP contribution in [0.2, 0.25) is 0 Å². The van der Waals surface area contributed by atoms with Gasteiger partial charge in [-0.2, -0.15) is 0 Å². The van der Waals surface area contributed by atoms with Crippen LogP contribution in [0.25, 0.3) is 53.4 Å². The number of hydrogen-bond acceptors (Lipinski definition) is 4. The van der Waals surface area contributed by atoms with Crippen molar-refractivity contribution in [1.29, 1.82) is 0 Å². The molecule has 0 fully saturated rings. The molecule has 0 spiro atoms. The summed E-state index contributed by atoms with van der Waals surface area (Å²) in [4.78, 5) is 6.31. The van der Waals surface area contributed by atoms with Gasteiger partial charge in [-0.05, 0) is 83.0 Å². The summed E-state index contributed by atoms with van der Waals surface area (Å²) in [7, 11) is 0. The Morgan fingerprint density at radius 3 is 2.62 bits per heavy atom. The van der Waals surface area contributed by atoms with Gasteiger partial charge < -0.3 is 4.42 Å². The number of fused-ring (bicyclic) bond motifs is 6. The van der Waals surface area contributed by atoms with Crippen molar-refractivity contribution in [2.75, 3.05) is 0 Å². The van der Waals surface area contributed by atoms with Crippen molar-refractivity contribution in [2.45, 2.75) is 53.4 Å². The summed E-state index contributed by atoms with van der Waals surface area (Å²) in [6.07, 6.45) is 2.95. The van der Waals surface area contributed by atoms with Crippen molar-refractivity contribution in [3.05, 3.63) is 64.0 Å². The fraction of sp³-hybridized carbons (Fsp3) is 0.300. The molecule has 34 heavy (non-hydrogen) atoms. The van der Waals surface area contributed by atoms with Gasteiger partial charge in [0, 0.05) is 36.8 Å². The van der Waals surface area contributed by atoms with Crippen LogP contribution in [0.5, 0.6) is 0 Å². The Kier molecular flexibility index (Phi) is 4.91. The van der Waals surface area contributed by atoms with Crippen molar-refractivity contribution in [1.82, 2.24) is 4.98 Å². The van der Waals surface area contributed by atoms with Crippen molar-refractivity contribution >= 4 is 64.8 Å². The van der Waals surface area contributed by atoms with Gasteiger partial charge in [0.2, 0.25) is 0 Å². The van der Waals surface area contributed by atoms with Gasteiger partial charge >= 0.3 is 0 Å². The predicted octanol–water partition coefficient (Wildman–Crippen LogP) is 9.88. The first kappa shape index (κ1) is 21.8. The highest BCUT2D eigenvalue weighted by Gasteiger charge is 2.23. The second kappa shape index (κ2) is 7.66. The summed E-state index contributed by atoms with van der Waals surface area (Å²) in [5.74, 6) is 0.599. The summed E-state index contributed by atoms with van der Waals surface area (Å²) < 4.78 is 9.28. The minimum atomic E-state index is 0.0532. The predicted molar refractivity (Wildman–Crippen MR) is 150 cm³/mol. The van der Waals surface area contributed by atoms with Gasteiger partial charge in [0.25, 0.3) is 0 Å². The van der Waals surface area contributed by atoms with Gasteiger partial charge in [0.15, 0.2) is 0 Å². The van der Waals surface area contributed by atoms with E-state index in [9.17, 15) is 0 Å². The fourth-order valence-electron chi connectivity index (χ4n) is 5.19. The normalized spacial score (nSPS) is 12.8. The minimum Gasteiger partial charge on any atom is -0.455 e. The molecular formula is C30H29NOS2. The van der Waals surface area contributed by atoms with Crippen LogP contribution in [-0.4, -0.2) is 4.98 Å². The quantitative estimate of drug-likeness (QED) is 0.250. The molecule has 0 aliphatic carbocycles. The molecule has 0 aliphatic heterocycles. The fourth-order valence-corrected chi connectivity index (χ4v) is 7.39. The standard InChI is InChI=1S/C30H29NOS2/c1-16(2)13-21-17(3)34-24-8-7-20-25-23(32-28(20)26(21)24)9-11-31-27(25)19-14-18-10-12-33-29(18)22(15-19)30(4,5)6/h7-12,14-16H,13H2,1-6H3. The molecule has 0 radical (unpaired) electrons. The van der Waals surface area contributed by atoms with E-state index >= 15 is 0 Å². The zero-order valence-electron chi connectivity index (χ0n) is 20.6. The summed E-state index contributed by atoms with van der Waals surface area (Å²) >= 11 is 3.70. The Hall–Kier alpha value is -2.69. The van der Waals surface area contributed by atoms with E-state index in [0.29, 0.717) is 5.92 Å². The molecule has 0 unspecified atom stereocenters. The van der Waals surface area contributed by atoms with Gasteiger partial charge in [-0.3, -0.25) is 4.98 Å². The van der Waals surface area contributed by atoms with Crippen LogP contribution in [-0.2, 0) is 11.8 Å². The zero-order chi connectivity index (χ0) is 23.8. The lowest BCUT2D eigenvalue weighted by Crippen LogP contribution is -2.11. The third-order valence-electron chi connectivity index (χ3n) is 6.75. The van der Waals surface area contributed by atoms with E-state index in [0.717, 1.165) is 39.6 Å². The average Bonchev–Trinajstić information content (AvgIpc) is 3.47. The number of thiophene rings is 2. The Balaban J connectivity index is 1.69. The first-order chi connectivity index (χ1) is 16.2. The lowest BCUT2D eigenvalue weighted by Gasteiger charge is -2.21. The van der Waals surface area contributed by atoms with E-state index in [1.54, 1.807) is 0 Å². The maximum absolute atomic E-state index is 6.60. The molecule has 6 aromatic rings. The van der Waals surface area contributed by atoms with Crippen molar-refractivity contribution in [2.24, 2.45) is 5.92 Å². The lowest BCUT2D eigenvalue weighted by molar-refractivity contribution is 0.597. The average molecular weight is 484 g/mol. The number of aromatic nitrogens is 1. The van der Waals surface area contributed by atoms with Crippen molar-refractivity contribution < 1.29 is 4.42 Å². The van der Waals surface area contributed by atoms with E-state index in [4.69, 9.17) is 9.40 Å². The van der Waals surface area contributed by atoms with E-state index in [1.807, 2.05) is 34.9 Å². The van der Waals surface area contributed by atoms with Crippen LogP contribution in [0.3, 0.4) is 0 Å². The van der Waals surface area contributed by atoms with Crippen LogP contribution in [0, 0.1) is 12.8 Å². The Morgan fingerprint density at radius 1 is 1.03 bits per heavy atom. The molecule has 0 atom stereocenters. The molecule has 0 saturated heterocycles. The summed E-state index contributed by atoms with van der Waals surface area (Å²) in [5.41, 5.74) is 6.95. The van der Waals surface area contributed by atoms with E-state index in [1.165, 1.54) is 36.2 Å². The van der Waals surface area contributed by atoms with Crippen LogP contribution in [0.1, 0.15) is 50.6 Å². The van der Waals surface area contributed by atoms with Gasteiger partial charge in [-0.15, -0.1) is 22.7 Å². The maximum Gasteiger partial charge on any atom is 0.144 e. The highest BCUT2D eigenvalue weighted by Crippen LogP contribution is 2.44. The number of hydrogen-bond donors (Lipinski definition) is 0. The molecule has 0 amide bonds. The van der Waals surface area contributed by atoms with Crippen molar-refractivity contribution in [3.8, 4) is 11.3 Å². The first-order valence-corrected chi connectivity index (χ1v) is 13.7. The molecule has 172 valence electrons. The Bertz CT molecular complexity index is 1710. The molecule has 2 nitrogen and oxygen atoms in total. The number of nitrogens with zero attached hydrogens (tertiary/aromatic N) is 1. The van der Waals surface area contributed by atoms with E-state index in [2.05, 4.69) is 77.3 Å². The van der Waals surface area contributed by atoms with Gasteiger partial charge in [0.1, 0.15) is 11.2 Å². The van der Waals surface area contributed by atoms with Crippen molar-refractivity contribution in [3.63, 3.8) is 0 Å². The zero-order valence-corrected chi connectivity index (χ0v) is 22.2. The largest absolute Gasteiger partial charge is 0.455 e. The molecule has 4 aromatic heterocycles. The highest BCUT2D eigenvalue weighted by atomic mass is 32.1. The molecule has 6 rings (SSSR count). The van der Waals surface area contributed by atoms with Crippen LogP contribution in [0.15, 0.2) is 52.4 Å². The monoisotopic (exact) mass is 483 g/mol. The molecule has 0 aliphatic rings. The van der Waals surface area contributed by atoms with Crippen LogP contribution in [0.4, 0.5) is 0 Å². The SMILES string of the molecule is Cc1sc2ccc3c(oc4ccnc(-c5cc(C(C)(C)C)c6sccc6c5)c43)c2c1CC(C)C. The third-order valence-corrected chi connectivity index (χ3v) is 8.82. The molecule has 0 N–H and O–H groups in total. The number of benzene rings is 2. The third kappa shape index (κ3) is 3.30. The highest BCUT2D eigenvalue weighted by molar-refractivity contribution is 7.19. The van der Waals surface area contributed by atoms with E-state index in [-0.39, 0.29) is 5.41 Å². The second-order valence-electron chi connectivity index (χ2n) is 10.8. The number of aryl methyl sites for hydroxylation is 1. The Labute approximate surface area is 208 Å². The molecule has 4 heterocycles. The van der Waals surface area contributed by atoms with Gasteiger partial charge in [0.05, 0.1) is 11.1 Å². The summed E-state index contributed by atoms with van der Waals surface area (Å²) in [6.45, 7) is 13.7. The first-order valence-electron chi connectivity index (χ1n) is 12.0. The topological polar surface area (TPSA) is 26.0 Å². The minimum absolute atomic E-state index is 0.0532. The second-order valence-corrected chi connectivity index (χ2v) is 13.0. The van der Waals surface area contributed by atoms with Crippen LogP contribution < -0.4 is 0 Å². The van der Waals surface area contributed by atoms with Gasteiger partial charge in [-0.25, -0.2) is 0 Å². The Morgan fingerprint density at radius 2 is 1.85 bits per heavy atom. The maximum atomic E-state index is 6.60. The van der Waals surface area contributed by atoms with Gasteiger partial charge in [-0.1, -0.05) is 34.6 Å². The molecule has 4 heteroatoms.